The minimum atomic E-state index is -0.195. The first-order chi connectivity index (χ1) is 11.2. The first kappa shape index (κ1) is 17.4. The van der Waals surface area contributed by atoms with Crippen molar-refractivity contribution in [2.24, 2.45) is 0 Å². The van der Waals surface area contributed by atoms with Gasteiger partial charge in [-0.05, 0) is 30.5 Å². The fraction of sp³-hybridized carbons (Fsp3) is 0.500. The molecule has 2 aromatic rings. The number of benzene rings is 1. The van der Waals surface area contributed by atoms with Crippen molar-refractivity contribution in [1.29, 1.82) is 0 Å². The number of rotatable bonds is 4. The predicted octanol–water partition coefficient (Wildman–Crippen LogP) is 2.82. The van der Waals surface area contributed by atoms with Crippen molar-refractivity contribution in [3.8, 4) is 0 Å². The summed E-state index contributed by atoms with van der Waals surface area (Å²) in [5.74, 6) is -0.195. The number of nitrogens with zero attached hydrogens (tertiary/aromatic N) is 3. The lowest BCUT2D eigenvalue weighted by Crippen LogP contribution is -2.58. The van der Waals surface area contributed by atoms with Gasteiger partial charge in [0.15, 0.2) is 0 Å². The van der Waals surface area contributed by atoms with E-state index in [0.29, 0.717) is 18.6 Å². The molecule has 2 aliphatic rings. The SMILES string of the molecule is Cl.Fc1ccc(Cn2cc(CN3CC4CCCC(C3)N4)cn2)cc1. The Bertz CT molecular complexity index is 645. The first-order valence-corrected chi connectivity index (χ1v) is 8.49. The van der Waals surface area contributed by atoms with Crippen molar-refractivity contribution >= 4 is 12.4 Å². The average molecular weight is 351 g/mol. The van der Waals surface area contributed by atoms with Crippen molar-refractivity contribution in [2.45, 2.75) is 44.4 Å². The van der Waals surface area contributed by atoms with Crippen LogP contribution in [0.25, 0.3) is 0 Å². The summed E-state index contributed by atoms with van der Waals surface area (Å²) in [4.78, 5) is 2.55. The summed E-state index contributed by atoms with van der Waals surface area (Å²) in [5.41, 5.74) is 2.32. The number of piperidine rings is 1. The van der Waals surface area contributed by atoms with E-state index in [-0.39, 0.29) is 18.2 Å². The van der Waals surface area contributed by atoms with Crippen LogP contribution < -0.4 is 5.32 Å². The van der Waals surface area contributed by atoms with Gasteiger partial charge in [-0.3, -0.25) is 9.58 Å². The molecule has 4 rings (SSSR count). The van der Waals surface area contributed by atoms with E-state index < -0.39 is 0 Å². The Hall–Kier alpha value is -1.43. The summed E-state index contributed by atoms with van der Waals surface area (Å²) in [6.07, 6.45) is 8.04. The van der Waals surface area contributed by atoms with Gasteiger partial charge in [0.05, 0.1) is 12.7 Å². The third kappa shape index (κ3) is 4.15. The maximum absolute atomic E-state index is 13.0. The molecule has 2 aliphatic heterocycles. The second-order valence-corrected chi connectivity index (χ2v) is 6.86. The monoisotopic (exact) mass is 350 g/mol. The van der Waals surface area contributed by atoms with E-state index in [2.05, 4.69) is 21.5 Å². The molecule has 2 atom stereocenters. The van der Waals surface area contributed by atoms with Crippen LogP contribution in [0.3, 0.4) is 0 Å². The van der Waals surface area contributed by atoms with Gasteiger partial charge in [0.2, 0.25) is 0 Å². The maximum atomic E-state index is 13.0. The molecule has 0 aliphatic carbocycles. The van der Waals surface area contributed by atoms with Crippen LogP contribution in [0, 0.1) is 5.82 Å². The minimum absolute atomic E-state index is 0. The van der Waals surface area contributed by atoms with Crippen LogP contribution in [-0.4, -0.2) is 39.9 Å². The highest BCUT2D eigenvalue weighted by Gasteiger charge is 2.29. The van der Waals surface area contributed by atoms with Gasteiger partial charge in [0.1, 0.15) is 5.82 Å². The molecule has 3 heterocycles. The van der Waals surface area contributed by atoms with Crippen LogP contribution in [-0.2, 0) is 13.1 Å². The highest BCUT2D eigenvalue weighted by Crippen LogP contribution is 2.21. The third-order valence-electron chi connectivity index (χ3n) is 4.88. The maximum Gasteiger partial charge on any atom is 0.123 e. The minimum Gasteiger partial charge on any atom is -0.309 e. The van der Waals surface area contributed by atoms with Gasteiger partial charge in [-0.1, -0.05) is 18.6 Å². The van der Waals surface area contributed by atoms with Gasteiger partial charge >= 0.3 is 0 Å². The number of nitrogens with one attached hydrogen (secondary N) is 1. The van der Waals surface area contributed by atoms with E-state index in [4.69, 9.17) is 0 Å². The lowest BCUT2D eigenvalue weighted by Gasteiger charge is -2.42. The Morgan fingerprint density at radius 3 is 2.46 bits per heavy atom. The predicted molar refractivity (Wildman–Crippen MR) is 94.8 cm³/mol. The number of piperazine rings is 1. The summed E-state index contributed by atoms with van der Waals surface area (Å²) >= 11 is 0. The Labute approximate surface area is 148 Å². The highest BCUT2D eigenvalue weighted by molar-refractivity contribution is 5.85. The zero-order valence-corrected chi connectivity index (χ0v) is 14.5. The largest absolute Gasteiger partial charge is 0.309 e. The zero-order valence-electron chi connectivity index (χ0n) is 13.7. The van der Waals surface area contributed by atoms with Crippen LogP contribution in [0.15, 0.2) is 36.7 Å². The van der Waals surface area contributed by atoms with Crippen molar-refractivity contribution in [1.82, 2.24) is 20.0 Å². The fourth-order valence-corrected chi connectivity index (χ4v) is 3.84. The van der Waals surface area contributed by atoms with E-state index >= 15 is 0 Å². The molecule has 1 N–H and O–H groups in total. The van der Waals surface area contributed by atoms with Crippen LogP contribution in [0.5, 0.6) is 0 Å². The number of halogens is 2. The van der Waals surface area contributed by atoms with Crippen LogP contribution in [0.1, 0.15) is 30.4 Å². The molecule has 0 amide bonds. The molecule has 0 spiro atoms. The lowest BCUT2D eigenvalue weighted by atomic mass is 9.94. The molecule has 24 heavy (non-hydrogen) atoms. The molecule has 130 valence electrons. The summed E-state index contributed by atoms with van der Waals surface area (Å²) in [7, 11) is 0. The second kappa shape index (κ2) is 7.64. The van der Waals surface area contributed by atoms with E-state index in [9.17, 15) is 4.39 Å². The molecular weight excluding hydrogens is 327 g/mol. The number of fused-ring (bicyclic) bond motifs is 2. The Kier molecular flexibility index (Phi) is 5.54. The van der Waals surface area contributed by atoms with Crippen LogP contribution in [0.4, 0.5) is 4.39 Å². The molecule has 0 saturated carbocycles. The average Bonchev–Trinajstić information content (AvgIpc) is 2.96. The second-order valence-electron chi connectivity index (χ2n) is 6.86. The topological polar surface area (TPSA) is 33.1 Å². The number of hydrogen-bond acceptors (Lipinski definition) is 3. The first-order valence-electron chi connectivity index (χ1n) is 8.49. The molecule has 4 nitrogen and oxygen atoms in total. The fourth-order valence-electron chi connectivity index (χ4n) is 3.84. The summed E-state index contributed by atoms with van der Waals surface area (Å²) < 4.78 is 14.9. The molecule has 2 fully saturated rings. The lowest BCUT2D eigenvalue weighted by molar-refractivity contribution is 0.119. The molecule has 2 unspecified atom stereocenters. The van der Waals surface area contributed by atoms with Gasteiger partial charge in [-0.25, -0.2) is 4.39 Å². The number of likely N-dealkylation sites (tertiary alicyclic amines) is 1. The summed E-state index contributed by atoms with van der Waals surface area (Å²) in [5, 5.41) is 8.17. The Morgan fingerprint density at radius 1 is 1.04 bits per heavy atom. The molecule has 2 bridgehead atoms. The Balaban J connectivity index is 0.00000169. The molecule has 0 radical (unpaired) electrons. The van der Waals surface area contributed by atoms with Gasteiger partial charge in [-0.2, -0.15) is 5.10 Å². The highest BCUT2D eigenvalue weighted by atomic mass is 35.5. The van der Waals surface area contributed by atoms with Crippen LogP contribution in [0.2, 0.25) is 0 Å². The Morgan fingerprint density at radius 2 is 1.75 bits per heavy atom. The van der Waals surface area contributed by atoms with Crippen molar-refractivity contribution in [2.75, 3.05) is 13.1 Å². The molecule has 6 heteroatoms. The molecule has 2 saturated heterocycles. The van der Waals surface area contributed by atoms with Gasteiger partial charge in [0, 0.05) is 43.5 Å². The van der Waals surface area contributed by atoms with E-state index in [1.165, 1.54) is 37.0 Å². The van der Waals surface area contributed by atoms with Gasteiger partial charge in [0.25, 0.3) is 0 Å². The molecule has 1 aromatic carbocycles. The van der Waals surface area contributed by atoms with Gasteiger partial charge in [-0.15, -0.1) is 12.4 Å². The van der Waals surface area contributed by atoms with Crippen LogP contribution >= 0.6 is 12.4 Å². The molecule has 1 aromatic heterocycles. The van der Waals surface area contributed by atoms with Gasteiger partial charge < -0.3 is 5.32 Å². The van der Waals surface area contributed by atoms with Crippen molar-refractivity contribution in [3.63, 3.8) is 0 Å². The zero-order chi connectivity index (χ0) is 15.6. The number of hydrogen-bond donors (Lipinski definition) is 1. The standard InChI is InChI=1S/C18H23FN4.ClH/c19-16-6-4-14(5-7-16)10-23-11-15(8-20-23)9-22-12-17-2-1-3-18(13-22)21-17;/h4-8,11,17-18,21H,1-3,9-10,12-13H2;1H. The number of aromatic nitrogens is 2. The van der Waals surface area contributed by atoms with E-state index in [1.54, 1.807) is 0 Å². The summed E-state index contributed by atoms with van der Waals surface area (Å²) in [6.45, 7) is 3.93. The normalized spacial score (nSPS) is 23.7. The summed E-state index contributed by atoms with van der Waals surface area (Å²) in [6, 6.07) is 7.95. The van der Waals surface area contributed by atoms with Crippen molar-refractivity contribution < 1.29 is 4.39 Å². The third-order valence-corrected chi connectivity index (χ3v) is 4.88. The quantitative estimate of drug-likeness (QED) is 0.920. The van der Waals surface area contributed by atoms with E-state index in [0.717, 1.165) is 25.2 Å². The van der Waals surface area contributed by atoms with E-state index in [1.807, 2.05) is 23.0 Å². The van der Waals surface area contributed by atoms with Crippen molar-refractivity contribution in [3.05, 3.63) is 53.6 Å². The molecular formula is C18H24ClFN4. The smallest absolute Gasteiger partial charge is 0.123 e.